The van der Waals surface area contributed by atoms with Crippen LogP contribution >= 0.6 is 0 Å². The summed E-state index contributed by atoms with van der Waals surface area (Å²) >= 11 is 0. The standard InChI is InChI=1S/C10H10FN3O/c11-8-3-1-2-7(6-8)10-14-13-9(15-10)4-5-12/h1-3,6H,4-5,12H2. The minimum atomic E-state index is -0.328. The van der Waals surface area contributed by atoms with E-state index in [-0.39, 0.29) is 5.82 Å². The van der Waals surface area contributed by atoms with E-state index >= 15 is 0 Å². The molecular weight excluding hydrogens is 197 g/mol. The van der Waals surface area contributed by atoms with Crippen molar-refractivity contribution >= 4 is 0 Å². The first-order valence-electron chi connectivity index (χ1n) is 4.58. The van der Waals surface area contributed by atoms with E-state index in [2.05, 4.69) is 10.2 Å². The molecule has 0 saturated carbocycles. The van der Waals surface area contributed by atoms with E-state index in [0.29, 0.717) is 30.3 Å². The van der Waals surface area contributed by atoms with Gasteiger partial charge in [-0.3, -0.25) is 0 Å². The lowest BCUT2D eigenvalue weighted by molar-refractivity contribution is 0.506. The summed E-state index contributed by atoms with van der Waals surface area (Å²) in [6.45, 7) is 0.449. The minimum Gasteiger partial charge on any atom is -0.421 e. The molecule has 2 N–H and O–H groups in total. The smallest absolute Gasteiger partial charge is 0.247 e. The number of benzene rings is 1. The molecule has 5 heteroatoms. The van der Waals surface area contributed by atoms with Crippen LogP contribution in [-0.2, 0) is 6.42 Å². The Morgan fingerprint density at radius 2 is 2.20 bits per heavy atom. The highest BCUT2D eigenvalue weighted by atomic mass is 19.1. The molecular formula is C10H10FN3O. The molecule has 0 unspecified atom stereocenters. The summed E-state index contributed by atoms with van der Waals surface area (Å²) in [5.41, 5.74) is 5.92. The Kier molecular flexibility index (Phi) is 2.73. The van der Waals surface area contributed by atoms with Crippen LogP contribution in [0.25, 0.3) is 11.5 Å². The van der Waals surface area contributed by atoms with E-state index in [4.69, 9.17) is 10.2 Å². The van der Waals surface area contributed by atoms with Gasteiger partial charge < -0.3 is 10.2 Å². The van der Waals surface area contributed by atoms with E-state index in [1.54, 1.807) is 12.1 Å². The topological polar surface area (TPSA) is 64.9 Å². The second kappa shape index (κ2) is 4.18. The highest BCUT2D eigenvalue weighted by Gasteiger charge is 2.07. The molecule has 1 heterocycles. The molecule has 0 amide bonds. The molecule has 0 aliphatic heterocycles. The first-order valence-corrected chi connectivity index (χ1v) is 4.58. The third kappa shape index (κ3) is 2.19. The number of nitrogens with two attached hydrogens (primary N) is 1. The van der Waals surface area contributed by atoms with Crippen molar-refractivity contribution < 1.29 is 8.81 Å². The highest BCUT2D eigenvalue weighted by Crippen LogP contribution is 2.18. The fourth-order valence-corrected chi connectivity index (χ4v) is 1.22. The lowest BCUT2D eigenvalue weighted by Crippen LogP contribution is -2.02. The van der Waals surface area contributed by atoms with E-state index in [1.807, 2.05) is 0 Å². The molecule has 2 aromatic rings. The number of rotatable bonds is 3. The molecule has 0 radical (unpaired) electrons. The van der Waals surface area contributed by atoms with Gasteiger partial charge in [0.05, 0.1) is 0 Å². The maximum atomic E-state index is 12.9. The van der Waals surface area contributed by atoms with Crippen LogP contribution in [-0.4, -0.2) is 16.7 Å². The van der Waals surface area contributed by atoms with Gasteiger partial charge in [0, 0.05) is 18.5 Å². The van der Waals surface area contributed by atoms with Crippen LogP contribution in [0, 0.1) is 5.82 Å². The Bertz CT molecular complexity index is 455. The molecule has 15 heavy (non-hydrogen) atoms. The number of hydrogen-bond donors (Lipinski definition) is 1. The summed E-state index contributed by atoms with van der Waals surface area (Å²) in [5, 5.41) is 7.60. The molecule has 0 spiro atoms. The van der Waals surface area contributed by atoms with Crippen molar-refractivity contribution in [3.05, 3.63) is 36.0 Å². The van der Waals surface area contributed by atoms with Crippen LogP contribution in [0.15, 0.2) is 28.7 Å². The number of nitrogens with zero attached hydrogens (tertiary/aromatic N) is 2. The molecule has 4 nitrogen and oxygen atoms in total. The zero-order valence-electron chi connectivity index (χ0n) is 7.98. The van der Waals surface area contributed by atoms with Crippen molar-refractivity contribution in [1.82, 2.24) is 10.2 Å². The number of aromatic nitrogens is 2. The van der Waals surface area contributed by atoms with Crippen LogP contribution < -0.4 is 5.73 Å². The molecule has 0 aliphatic carbocycles. The van der Waals surface area contributed by atoms with Gasteiger partial charge in [-0.15, -0.1) is 10.2 Å². The van der Waals surface area contributed by atoms with Gasteiger partial charge >= 0.3 is 0 Å². The Morgan fingerprint density at radius 3 is 2.93 bits per heavy atom. The second-order valence-electron chi connectivity index (χ2n) is 3.05. The van der Waals surface area contributed by atoms with Crippen LogP contribution in [0.1, 0.15) is 5.89 Å². The average molecular weight is 207 g/mol. The summed E-state index contributed by atoms with van der Waals surface area (Å²) in [4.78, 5) is 0. The van der Waals surface area contributed by atoms with E-state index in [9.17, 15) is 4.39 Å². The monoisotopic (exact) mass is 207 g/mol. The van der Waals surface area contributed by atoms with Crippen LogP contribution in [0.5, 0.6) is 0 Å². The fraction of sp³-hybridized carbons (Fsp3) is 0.200. The summed E-state index contributed by atoms with van der Waals surface area (Å²) in [7, 11) is 0. The van der Waals surface area contributed by atoms with Gasteiger partial charge in [-0.2, -0.15) is 0 Å². The zero-order valence-corrected chi connectivity index (χ0v) is 7.98. The van der Waals surface area contributed by atoms with Gasteiger partial charge in [0.25, 0.3) is 0 Å². The van der Waals surface area contributed by atoms with E-state index in [1.165, 1.54) is 12.1 Å². The maximum absolute atomic E-state index is 12.9. The summed E-state index contributed by atoms with van der Waals surface area (Å²) in [6, 6.07) is 6.01. The SMILES string of the molecule is NCCc1nnc(-c2cccc(F)c2)o1. The van der Waals surface area contributed by atoms with Gasteiger partial charge in [-0.25, -0.2) is 4.39 Å². The summed E-state index contributed by atoms with van der Waals surface area (Å²) in [5.74, 6) is 0.459. The van der Waals surface area contributed by atoms with E-state index in [0.717, 1.165) is 0 Å². The quantitative estimate of drug-likeness (QED) is 0.825. The molecule has 0 aliphatic rings. The normalized spacial score (nSPS) is 10.5. The minimum absolute atomic E-state index is 0.318. The predicted molar refractivity (Wildman–Crippen MR) is 52.5 cm³/mol. The Balaban J connectivity index is 2.29. The largest absolute Gasteiger partial charge is 0.421 e. The summed E-state index contributed by atoms with van der Waals surface area (Å²) < 4.78 is 18.2. The molecule has 0 saturated heterocycles. The number of hydrogen-bond acceptors (Lipinski definition) is 4. The van der Waals surface area contributed by atoms with Crippen LogP contribution in [0.2, 0.25) is 0 Å². The van der Waals surface area contributed by atoms with Crippen LogP contribution in [0.4, 0.5) is 4.39 Å². The molecule has 1 aromatic carbocycles. The molecule has 1 aromatic heterocycles. The average Bonchev–Trinajstić information content (AvgIpc) is 2.67. The first kappa shape index (κ1) is 9.79. The third-order valence-corrected chi connectivity index (χ3v) is 1.90. The van der Waals surface area contributed by atoms with Gasteiger partial charge in [0.1, 0.15) is 5.82 Å². The van der Waals surface area contributed by atoms with Crippen molar-refractivity contribution in [2.45, 2.75) is 6.42 Å². The molecule has 78 valence electrons. The lowest BCUT2D eigenvalue weighted by atomic mass is 10.2. The zero-order chi connectivity index (χ0) is 10.7. The fourth-order valence-electron chi connectivity index (χ4n) is 1.22. The van der Waals surface area contributed by atoms with Gasteiger partial charge in [0.15, 0.2) is 0 Å². The Morgan fingerprint density at radius 1 is 1.33 bits per heavy atom. The van der Waals surface area contributed by atoms with Gasteiger partial charge in [-0.1, -0.05) is 6.07 Å². The van der Waals surface area contributed by atoms with Crippen molar-refractivity contribution in [2.24, 2.45) is 5.73 Å². The van der Waals surface area contributed by atoms with Gasteiger partial charge in [-0.05, 0) is 18.2 Å². The molecule has 0 fully saturated rings. The molecule has 0 bridgehead atoms. The molecule has 2 rings (SSSR count). The van der Waals surface area contributed by atoms with E-state index < -0.39 is 0 Å². The lowest BCUT2D eigenvalue weighted by Gasteiger charge is -1.93. The first-order chi connectivity index (χ1) is 7.29. The summed E-state index contributed by atoms with van der Waals surface area (Å²) in [6.07, 6.45) is 0.530. The van der Waals surface area contributed by atoms with Crippen molar-refractivity contribution in [2.75, 3.05) is 6.54 Å². The van der Waals surface area contributed by atoms with Crippen molar-refractivity contribution in [3.63, 3.8) is 0 Å². The molecule has 0 atom stereocenters. The Labute approximate surface area is 85.9 Å². The predicted octanol–water partition coefficient (Wildman–Crippen LogP) is 1.38. The number of halogens is 1. The maximum Gasteiger partial charge on any atom is 0.247 e. The second-order valence-corrected chi connectivity index (χ2v) is 3.05. The van der Waals surface area contributed by atoms with Crippen molar-refractivity contribution in [1.29, 1.82) is 0 Å². The van der Waals surface area contributed by atoms with Crippen LogP contribution in [0.3, 0.4) is 0 Å². The highest BCUT2D eigenvalue weighted by molar-refractivity contribution is 5.52. The Hall–Kier alpha value is -1.75. The van der Waals surface area contributed by atoms with Crippen molar-refractivity contribution in [3.8, 4) is 11.5 Å². The third-order valence-electron chi connectivity index (χ3n) is 1.90. The van der Waals surface area contributed by atoms with Gasteiger partial charge in [0.2, 0.25) is 11.8 Å².